The average Bonchev–Trinajstić information content (AvgIpc) is 2.38. The summed E-state index contributed by atoms with van der Waals surface area (Å²) in [5, 5.41) is 5.51. The van der Waals surface area contributed by atoms with Gasteiger partial charge in [0, 0.05) is 6.54 Å². The number of aromatic nitrogens is 2. The molecule has 2 N–H and O–H groups in total. The Hall–Kier alpha value is -1.95. The van der Waals surface area contributed by atoms with Gasteiger partial charge in [0.1, 0.15) is 5.82 Å². The fraction of sp³-hybridized carbons (Fsp3) is 0.167. The minimum Gasteiger partial charge on any atom is -0.354 e. The summed E-state index contributed by atoms with van der Waals surface area (Å²) >= 11 is 5.85. The SMILES string of the molecule is CCNc1ncc(F)c(Nc2c(F)cccc2Cl)n1. The van der Waals surface area contributed by atoms with Gasteiger partial charge in [-0.3, -0.25) is 0 Å². The molecule has 0 aliphatic rings. The molecule has 0 bridgehead atoms. The van der Waals surface area contributed by atoms with Gasteiger partial charge in [-0.25, -0.2) is 13.8 Å². The van der Waals surface area contributed by atoms with Gasteiger partial charge in [0.15, 0.2) is 11.6 Å². The van der Waals surface area contributed by atoms with Gasteiger partial charge in [0.25, 0.3) is 0 Å². The third-order valence-electron chi connectivity index (χ3n) is 2.29. The van der Waals surface area contributed by atoms with E-state index in [1.165, 1.54) is 18.2 Å². The molecule has 100 valence electrons. The fourth-order valence-corrected chi connectivity index (χ4v) is 1.64. The molecule has 4 nitrogen and oxygen atoms in total. The van der Waals surface area contributed by atoms with Crippen LogP contribution in [0, 0.1) is 11.6 Å². The van der Waals surface area contributed by atoms with Gasteiger partial charge in [-0.2, -0.15) is 4.98 Å². The van der Waals surface area contributed by atoms with E-state index in [4.69, 9.17) is 11.6 Å². The molecule has 1 aromatic carbocycles. The number of para-hydroxylation sites is 1. The van der Waals surface area contributed by atoms with Crippen LogP contribution >= 0.6 is 11.6 Å². The smallest absolute Gasteiger partial charge is 0.224 e. The molecule has 0 atom stereocenters. The molecule has 0 amide bonds. The predicted octanol–water partition coefficient (Wildman–Crippen LogP) is 3.58. The molecule has 0 unspecified atom stereocenters. The highest BCUT2D eigenvalue weighted by molar-refractivity contribution is 6.33. The predicted molar refractivity (Wildman–Crippen MR) is 70.8 cm³/mol. The highest BCUT2D eigenvalue weighted by Crippen LogP contribution is 2.28. The van der Waals surface area contributed by atoms with Crippen molar-refractivity contribution in [3.8, 4) is 0 Å². The van der Waals surface area contributed by atoms with Crippen LogP contribution in [0.3, 0.4) is 0 Å². The minimum absolute atomic E-state index is 0.0239. The second-order valence-corrected chi connectivity index (χ2v) is 4.05. The van der Waals surface area contributed by atoms with E-state index in [0.29, 0.717) is 6.54 Å². The molecule has 1 aromatic heterocycles. The topological polar surface area (TPSA) is 49.8 Å². The van der Waals surface area contributed by atoms with Gasteiger partial charge in [-0.15, -0.1) is 0 Å². The van der Waals surface area contributed by atoms with Crippen LogP contribution in [0.4, 0.5) is 26.2 Å². The van der Waals surface area contributed by atoms with Crippen molar-refractivity contribution >= 4 is 29.1 Å². The zero-order valence-corrected chi connectivity index (χ0v) is 10.8. The fourth-order valence-electron chi connectivity index (χ4n) is 1.43. The van der Waals surface area contributed by atoms with Crippen molar-refractivity contribution in [1.29, 1.82) is 0 Å². The van der Waals surface area contributed by atoms with E-state index in [0.717, 1.165) is 6.20 Å². The quantitative estimate of drug-likeness (QED) is 0.901. The van der Waals surface area contributed by atoms with Crippen molar-refractivity contribution < 1.29 is 8.78 Å². The third kappa shape index (κ3) is 3.08. The number of benzene rings is 1. The Labute approximate surface area is 113 Å². The Morgan fingerprint density at radius 2 is 2.05 bits per heavy atom. The zero-order valence-electron chi connectivity index (χ0n) is 10.0. The van der Waals surface area contributed by atoms with Gasteiger partial charge >= 0.3 is 0 Å². The summed E-state index contributed by atoms with van der Waals surface area (Å²) in [4.78, 5) is 7.66. The standard InChI is InChI=1S/C12H11ClF2N4/c1-2-16-12-17-6-9(15)11(19-12)18-10-7(13)4-3-5-8(10)14/h3-6H,2H2,1H3,(H2,16,17,18,19). The number of nitrogens with zero attached hydrogens (tertiary/aromatic N) is 2. The molecule has 0 aliphatic heterocycles. The number of anilines is 3. The monoisotopic (exact) mass is 284 g/mol. The highest BCUT2D eigenvalue weighted by Gasteiger charge is 2.12. The maximum Gasteiger partial charge on any atom is 0.224 e. The second kappa shape index (κ2) is 5.79. The Kier molecular flexibility index (Phi) is 4.11. The van der Waals surface area contributed by atoms with E-state index in [2.05, 4.69) is 20.6 Å². The maximum atomic E-state index is 13.6. The van der Waals surface area contributed by atoms with Crippen LogP contribution in [-0.4, -0.2) is 16.5 Å². The van der Waals surface area contributed by atoms with E-state index >= 15 is 0 Å². The molecule has 2 aromatic rings. The number of hydrogen-bond donors (Lipinski definition) is 2. The molecule has 0 fully saturated rings. The molecule has 0 saturated heterocycles. The lowest BCUT2D eigenvalue weighted by atomic mass is 10.3. The lowest BCUT2D eigenvalue weighted by Crippen LogP contribution is -2.06. The Bertz CT molecular complexity index is 572. The average molecular weight is 285 g/mol. The van der Waals surface area contributed by atoms with Crippen molar-refractivity contribution in [1.82, 2.24) is 9.97 Å². The Balaban J connectivity index is 2.35. The first-order valence-corrected chi connectivity index (χ1v) is 5.97. The van der Waals surface area contributed by atoms with Crippen molar-refractivity contribution in [3.05, 3.63) is 41.1 Å². The van der Waals surface area contributed by atoms with Crippen LogP contribution in [-0.2, 0) is 0 Å². The Morgan fingerprint density at radius 1 is 1.26 bits per heavy atom. The van der Waals surface area contributed by atoms with E-state index in [-0.39, 0.29) is 22.5 Å². The lowest BCUT2D eigenvalue weighted by molar-refractivity contribution is 0.616. The first-order valence-electron chi connectivity index (χ1n) is 5.59. The zero-order chi connectivity index (χ0) is 13.8. The Morgan fingerprint density at radius 3 is 2.74 bits per heavy atom. The number of halogens is 3. The number of hydrogen-bond acceptors (Lipinski definition) is 4. The molecule has 19 heavy (non-hydrogen) atoms. The van der Waals surface area contributed by atoms with Crippen LogP contribution in [0.2, 0.25) is 5.02 Å². The van der Waals surface area contributed by atoms with E-state index in [1.54, 1.807) is 0 Å². The summed E-state index contributed by atoms with van der Waals surface area (Å²) in [5.74, 6) is -1.17. The van der Waals surface area contributed by atoms with Crippen LogP contribution in [0.5, 0.6) is 0 Å². The summed E-state index contributed by atoms with van der Waals surface area (Å²) in [6.07, 6.45) is 1.00. The third-order valence-corrected chi connectivity index (χ3v) is 2.60. The minimum atomic E-state index is -0.694. The molecular weight excluding hydrogens is 274 g/mol. The molecule has 0 radical (unpaired) electrons. The molecule has 0 saturated carbocycles. The maximum absolute atomic E-state index is 13.6. The molecular formula is C12H11ClF2N4. The van der Waals surface area contributed by atoms with Crippen molar-refractivity contribution in [3.63, 3.8) is 0 Å². The van der Waals surface area contributed by atoms with Crippen molar-refractivity contribution in [2.45, 2.75) is 6.92 Å². The van der Waals surface area contributed by atoms with Crippen LogP contribution in [0.25, 0.3) is 0 Å². The molecule has 1 heterocycles. The summed E-state index contributed by atoms with van der Waals surface area (Å²) in [6.45, 7) is 2.44. The summed E-state index contributed by atoms with van der Waals surface area (Å²) in [6, 6.07) is 4.18. The van der Waals surface area contributed by atoms with Gasteiger partial charge in [-0.1, -0.05) is 17.7 Å². The second-order valence-electron chi connectivity index (χ2n) is 3.64. The summed E-state index contributed by atoms with van der Waals surface area (Å²) in [7, 11) is 0. The van der Waals surface area contributed by atoms with Gasteiger partial charge in [-0.05, 0) is 19.1 Å². The lowest BCUT2D eigenvalue weighted by Gasteiger charge is -2.10. The first kappa shape index (κ1) is 13.5. The summed E-state index contributed by atoms with van der Waals surface area (Å²) in [5.41, 5.74) is -0.0239. The number of rotatable bonds is 4. The number of nitrogens with one attached hydrogen (secondary N) is 2. The van der Waals surface area contributed by atoms with E-state index < -0.39 is 11.6 Å². The van der Waals surface area contributed by atoms with Crippen LogP contribution < -0.4 is 10.6 Å². The first-order chi connectivity index (χ1) is 9.11. The highest BCUT2D eigenvalue weighted by atomic mass is 35.5. The van der Waals surface area contributed by atoms with Gasteiger partial charge in [0.2, 0.25) is 5.95 Å². The van der Waals surface area contributed by atoms with E-state index in [9.17, 15) is 8.78 Å². The van der Waals surface area contributed by atoms with Gasteiger partial charge < -0.3 is 10.6 Å². The van der Waals surface area contributed by atoms with Crippen molar-refractivity contribution in [2.75, 3.05) is 17.2 Å². The molecule has 0 aliphatic carbocycles. The largest absolute Gasteiger partial charge is 0.354 e. The van der Waals surface area contributed by atoms with Crippen LogP contribution in [0.1, 0.15) is 6.92 Å². The van der Waals surface area contributed by atoms with Crippen LogP contribution in [0.15, 0.2) is 24.4 Å². The summed E-state index contributed by atoms with van der Waals surface area (Å²) < 4.78 is 27.2. The molecule has 0 spiro atoms. The van der Waals surface area contributed by atoms with E-state index in [1.807, 2.05) is 6.92 Å². The normalized spacial score (nSPS) is 10.3. The van der Waals surface area contributed by atoms with Crippen molar-refractivity contribution in [2.24, 2.45) is 0 Å². The molecule has 2 rings (SSSR count). The molecule has 7 heteroatoms. The van der Waals surface area contributed by atoms with Gasteiger partial charge in [0.05, 0.1) is 16.9 Å².